The number of rotatable bonds is 5. The van der Waals surface area contributed by atoms with Gasteiger partial charge in [-0.15, -0.1) is 0 Å². The summed E-state index contributed by atoms with van der Waals surface area (Å²) in [5.74, 6) is -3.24. The number of fused-ring (bicyclic) bond motifs is 7. The van der Waals surface area contributed by atoms with Gasteiger partial charge in [0, 0.05) is 49.3 Å². The Bertz CT molecular complexity index is 2400. The van der Waals surface area contributed by atoms with Crippen molar-refractivity contribution >= 4 is 40.5 Å². The number of aryl methyl sites for hydroxylation is 2. The molecule has 15 heteroatoms. The monoisotopic (exact) mass is 778 g/mol. The Morgan fingerprint density at radius 1 is 0.947 bits per heavy atom. The molecule has 0 spiro atoms. The maximum atomic E-state index is 15.1. The first kappa shape index (κ1) is 38.1. The number of piperidine rings is 2. The highest BCUT2D eigenvalue weighted by molar-refractivity contribution is 6.05. The molecule has 13 nitrogen and oxygen atoms in total. The van der Waals surface area contributed by atoms with E-state index in [4.69, 9.17) is 9.72 Å². The average Bonchev–Trinajstić information content (AvgIpc) is 3.70. The number of halogens is 2. The Morgan fingerprint density at radius 3 is 2.53 bits per heavy atom. The van der Waals surface area contributed by atoms with Crippen LogP contribution in [0, 0.1) is 24.5 Å². The number of imide groups is 1. The van der Waals surface area contributed by atoms with Gasteiger partial charge in [-0.3, -0.25) is 39.7 Å². The molecule has 6 heterocycles. The van der Waals surface area contributed by atoms with E-state index in [1.54, 1.807) is 23.0 Å². The molecular weight excluding hydrogens is 735 g/mol. The van der Waals surface area contributed by atoms with Gasteiger partial charge < -0.3 is 9.30 Å². The summed E-state index contributed by atoms with van der Waals surface area (Å²) in [5, 5.41) is 9.59. The lowest BCUT2D eigenvalue weighted by atomic mass is 9.87. The number of nitrogens with zero attached hydrogens (tertiary/aromatic N) is 6. The molecule has 1 unspecified atom stereocenters. The molecular formula is C42H44F2N8O5. The van der Waals surface area contributed by atoms with E-state index in [2.05, 4.69) is 27.6 Å². The normalized spacial score (nSPS) is 20.9. The number of hydrogen-bond donors (Lipinski definition) is 2. The predicted octanol–water partition coefficient (Wildman–Crippen LogP) is 5.60. The number of hydrogen-bond acceptors (Lipinski definition) is 9. The van der Waals surface area contributed by atoms with Gasteiger partial charge in [-0.25, -0.2) is 18.4 Å². The smallest absolute Gasteiger partial charge is 0.258 e. The zero-order chi connectivity index (χ0) is 40.0. The minimum Gasteiger partial charge on any atom is -0.477 e. The molecule has 296 valence electrons. The van der Waals surface area contributed by atoms with Crippen LogP contribution in [0.15, 0.2) is 48.7 Å². The molecule has 2 N–H and O–H groups in total. The third-order valence-electron chi connectivity index (χ3n) is 11.3. The Balaban J connectivity index is 0.987. The number of pyridine rings is 1. The van der Waals surface area contributed by atoms with Gasteiger partial charge in [0.15, 0.2) is 5.78 Å². The maximum Gasteiger partial charge on any atom is 0.258 e. The van der Waals surface area contributed by atoms with Crippen LogP contribution in [0.2, 0.25) is 0 Å². The maximum absolute atomic E-state index is 15.1. The van der Waals surface area contributed by atoms with Crippen molar-refractivity contribution < 1.29 is 32.7 Å². The van der Waals surface area contributed by atoms with Gasteiger partial charge in [0.05, 0.1) is 47.6 Å². The van der Waals surface area contributed by atoms with Crippen molar-refractivity contribution in [1.82, 2.24) is 34.5 Å². The van der Waals surface area contributed by atoms with Crippen molar-refractivity contribution in [3.63, 3.8) is 0 Å². The summed E-state index contributed by atoms with van der Waals surface area (Å²) in [6.45, 7) is 6.28. The van der Waals surface area contributed by atoms with E-state index in [0.717, 1.165) is 23.9 Å². The van der Waals surface area contributed by atoms with Gasteiger partial charge in [0.25, 0.3) is 5.91 Å². The number of likely N-dealkylation sites (tertiary alicyclic amines) is 1. The van der Waals surface area contributed by atoms with Crippen molar-refractivity contribution in [3.8, 4) is 17.1 Å². The minimum absolute atomic E-state index is 0.0232. The summed E-state index contributed by atoms with van der Waals surface area (Å²) in [7, 11) is 1.82. The molecule has 3 aliphatic heterocycles. The first-order valence-corrected chi connectivity index (χ1v) is 19.4. The highest BCUT2D eigenvalue weighted by Crippen LogP contribution is 2.34. The summed E-state index contributed by atoms with van der Waals surface area (Å²) in [5.41, 5.74) is 4.88. The molecule has 3 amide bonds. The standard InChI is InChI=1S/C42H44F2N8O5/c1-23-5-4-14-57-41-30(20-45-50(41)3)34-18-27(15-24(2)46-34)39(55)49-42-47-33-8-6-26(19-35(33)52(42)21-23)28-11-13-51(22-36(28)53)12-10-25-16-31(43)38(32(44)17-25)29-7-9-37(54)48-40(29)56/h6,8,15-20,23,28-29H,4-5,7,9-14,21-22H2,1-3H3,(H,47,49,55)(H,48,54,56)/t23-,28?,29-/m1/s1. The Labute approximate surface area is 327 Å². The lowest BCUT2D eigenvalue weighted by Crippen LogP contribution is -2.41. The minimum atomic E-state index is -1.05. The summed E-state index contributed by atoms with van der Waals surface area (Å²) in [4.78, 5) is 62.8. The van der Waals surface area contributed by atoms with Crippen molar-refractivity contribution in [2.45, 2.75) is 70.8 Å². The highest BCUT2D eigenvalue weighted by atomic mass is 19.1. The molecule has 2 saturated heterocycles. The second kappa shape index (κ2) is 15.6. The second-order valence-corrected chi connectivity index (χ2v) is 15.5. The van der Waals surface area contributed by atoms with Crippen LogP contribution in [0.3, 0.4) is 0 Å². The Morgan fingerprint density at radius 2 is 1.75 bits per heavy atom. The van der Waals surface area contributed by atoms with Gasteiger partial charge in [-0.2, -0.15) is 5.10 Å². The number of aromatic nitrogens is 5. The Hall–Kier alpha value is -5.83. The molecule has 3 aliphatic rings. The first-order chi connectivity index (χ1) is 27.4. The van der Waals surface area contributed by atoms with Crippen molar-refractivity contribution in [2.24, 2.45) is 13.0 Å². The molecule has 5 aromatic rings. The number of anilines is 1. The number of ketones is 1. The van der Waals surface area contributed by atoms with E-state index >= 15 is 8.78 Å². The van der Waals surface area contributed by atoms with Crippen LogP contribution < -0.4 is 15.4 Å². The zero-order valence-electron chi connectivity index (χ0n) is 32.1. The van der Waals surface area contributed by atoms with E-state index in [0.29, 0.717) is 84.5 Å². The number of benzene rings is 2. The first-order valence-electron chi connectivity index (χ1n) is 19.4. The number of ether oxygens (including phenoxy) is 1. The molecule has 57 heavy (non-hydrogen) atoms. The van der Waals surface area contributed by atoms with Gasteiger partial charge >= 0.3 is 0 Å². The Kier molecular flexibility index (Phi) is 10.4. The van der Waals surface area contributed by atoms with Crippen molar-refractivity contribution in [1.29, 1.82) is 0 Å². The van der Waals surface area contributed by atoms with Crippen LogP contribution in [0.1, 0.15) is 83.6 Å². The largest absolute Gasteiger partial charge is 0.477 e. The third kappa shape index (κ3) is 7.80. The number of carbonyl (C=O) groups excluding carboxylic acids is 4. The molecule has 3 aromatic heterocycles. The zero-order valence-corrected chi connectivity index (χ0v) is 32.1. The lowest BCUT2D eigenvalue weighted by Gasteiger charge is -2.31. The van der Waals surface area contributed by atoms with Crippen LogP contribution in [-0.2, 0) is 34.4 Å². The molecule has 3 atom stereocenters. The van der Waals surface area contributed by atoms with Crippen molar-refractivity contribution in [2.75, 3.05) is 31.6 Å². The molecule has 0 aliphatic carbocycles. The number of carbonyl (C=O) groups is 4. The number of Topliss-reactive ketones (excluding diaryl/α,β-unsaturated/α-hetero) is 1. The predicted molar refractivity (Wildman–Crippen MR) is 207 cm³/mol. The van der Waals surface area contributed by atoms with E-state index in [9.17, 15) is 19.2 Å². The third-order valence-corrected chi connectivity index (χ3v) is 11.3. The van der Waals surface area contributed by atoms with Crippen molar-refractivity contribution in [3.05, 3.63) is 88.2 Å². The molecule has 2 fully saturated rings. The molecule has 2 bridgehead atoms. The molecule has 2 aromatic carbocycles. The molecule has 0 radical (unpaired) electrons. The average molecular weight is 779 g/mol. The van der Waals surface area contributed by atoms with Gasteiger partial charge in [0.1, 0.15) is 11.6 Å². The molecule has 8 rings (SSSR count). The van der Waals surface area contributed by atoms with Gasteiger partial charge in [0.2, 0.25) is 23.6 Å². The van der Waals surface area contributed by atoms with Crippen LogP contribution in [0.5, 0.6) is 5.88 Å². The lowest BCUT2D eigenvalue weighted by molar-refractivity contribution is -0.134. The molecule has 0 saturated carbocycles. The summed E-state index contributed by atoms with van der Waals surface area (Å²) >= 11 is 0. The van der Waals surface area contributed by atoms with Gasteiger partial charge in [-0.1, -0.05) is 13.0 Å². The number of amides is 3. The van der Waals surface area contributed by atoms with Gasteiger partial charge in [-0.05, 0) is 99.0 Å². The van der Waals surface area contributed by atoms with E-state index in [1.807, 2.05) is 41.6 Å². The fourth-order valence-electron chi connectivity index (χ4n) is 8.32. The fraction of sp³-hybridized carbons (Fsp3) is 0.405. The fourth-order valence-corrected chi connectivity index (χ4v) is 8.32. The highest BCUT2D eigenvalue weighted by Gasteiger charge is 2.33. The SMILES string of the molecule is Cc1cc2cc(n1)-c1cnn(C)c1OCCC[C@@H](C)Cn1c(nc3ccc(C4CCN(CCc5cc(F)c([C@H]6CCC(=O)NC6=O)c(F)c5)CC4=O)cc31)NC2=O. The van der Waals surface area contributed by atoms with Crippen LogP contribution in [0.4, 0.5) is 14.7 Å². The van der Waals surface area contributed by atoms with Crippen LogP contribution >= 0.6 is 0 Å². The number of nitrogens with one attached hydrogen (secondary N) is 2. The van der Waals surface area contributed by atoms with E-state index in [1.165, 1.54) is 12.1 Å². The second-order valence-electron chi connectivity index (χ2n) is 15.5. The summed E-state index contributed by atoms with van der Waals surface area (Å²) in [6, 6.07) is 11.8. The van der Waals surface area contributed by atoms with E-state index in [-0.39, 0.29) is 48.5 Å². The topological polar surface area (TPSA) is 153 Å². The van der Waals surface area contributed by atoms with Crippen LogP contribution in [-0.4, -0.2) is 79.0 Å². The van der Waals surface area contributed by atoms with Crippen LogP contribution in [0.25, 0.3) is 22.3 Å². The summed E-state index contributed by atoms with van der Waals surface area (Å²) in [6.07, 6.45) is 4.30. The van der Waals surface area contributed by atoms with E-state index < -0.39 is 29.4 Å². The number of imidazole rings is 1. The summed E-state index contributed by atoms with van der Waals surface area (Å²) < 4.78 is 40.1. The quantitative estimate of drug-likeness (QED) is 0.217.